The van der Waals surface area contributed by atoms with Crippen LogP contribution in [0, 0.1) is 5.92 Å². The topological polar surface area (TPSA) is 100 Å². The van der Waals surface area contributed by atoms with Gasteiger partial charge in [0, 0.05) is 6.54 Å². The third-order valence-corrected chi connectivity index (χ3v) is 3.38. The standard InChI is InChI=1S/C14H15N7O/c1-8(2)7-20-12-9(6-16-20)13-17-11(10-4-3-5-22-10)19-21(13)14(15)18-12/h3-6,8H,7H2,1-2H3,(H2,15,18). The van der Waals surface area contributed by atoms with Gasteiger partial charge in [-0.15, -0.1) is 5.10 Å². The Balaban J connectivity index is 1.97. The lowest BCUT2D eigenvalue weighted by Crippen LogP contribution is -2.09. The number of aromatic nitrogens is 6. The molecular formula is C14H15N7O. The van der Waals surface area contributed by atoms with Gasteiger partial charge < -0.3 is 10.2 Å². The number of rotatable bonds is 3. The minimum atomic E-state index is 0.276. The normalized spacial score (nSPS) is 12.0. The molecule has 8 heteroatoms. The second kappa shape index (κ2) is 4.55. The van der Waals surface area contributed by atoms with Crippen LogP contribution in [0.2, 0.25) is 0 Å². The summed E-state index contributed by atoms with van der Waals surface area (Å²) in [5, 5.41) is 9.57. The third-order valence-electron chi connectivity index (χ3n) is 3.38. The van der Waals surface area contributed by atoms with Gasteiger partial charge in [0.15, 0.2) is 17.1 Å². The maximum absolute atomic E-state index is 6.03. The molecule has 0 saturated carbocycles. The third kappa shape index (κ3) is 1.84. The van der Waals surface area contributed by atoms with Crippen LogP contribution in [0.15, 0.2) is 29.0 Å². The lowest BCUT2D eigenvalue weighted by Gasteiger charge is -2.06. The molecule has 0 amide bonds. The van der Waals surface area contributed by atoms with Crippen LogP contribution in [0.5, 0.6) is 0 Å². The summed E-state index contributed by atoms with van der Waals surface area (Å²) >= 11 is 0. The van der Waals surface area contributed by atoms with Gasteiger partial charge in [-0.3, -0.25) is 0 Å². The van der Waals surface area contributed by atoms with Gasteiger partial charge in [-0.2, -0.15) is 14.6 Å². The predicted octanol–water partition coefficient (Wildman–Crippen LogP) is 1.97. The highest BCUT2D eigenvalue weighted by molar-refractivity contribution is 5.90. The van der Waals surface area contributed by atoms with Crippen molar-refractivity contribution >= 4 is 22.6 Å². The van der Waals surface area contributed by atoms with Gasteiger partial charge in [0.1, 0.15) is 0 Å². The van der Waals surface area contributed by atoms with Gasteiger partial charge in [-0.25, -0.2) is 9.67 Å². The summed E-state index contributed by atoms with van der Waals surface area (Å²) in [4.78, 5) is 8.94. The first kappa shape index (κ1) is 12.8. The highest BCUT2D eigenvalue weighted by Gasteiger charge is 2.17. The average Bonchev–Trinajstić information content (AvgIpc) is 3.16. The number of nitrogens with zero attached hydrogens (tertiary/aromatic N) is 6. The molecule has 0 unspecified atom stereocenters. The van der Waals surface area contributed by atoms with Gasteiger partial charge in [-0.05, 0) is 18.1 Å². The molecule has 0 aromatic carbocycles. The molecule has 112 valence electrons. The maximum Gasteiger partial charge on any atom is 0.225 e. The highest BCUT2D eigenvalue weighted by Crippen LogP contribution is 2.23. The fourth-order valence-electron chi connectivity index (χ4n) is 2.45. The zero-order valence-corrected chi connectivity index (χ0v) is 12.3. The van der Waals surface area contributed by atoms with E-state index in [1.54, 1.807) is 24.6 Å². The van der Waals surface area contributed by atoms with Crippen LogP contribution in [-0.2, 0) is 6.54 Å². The molecule has 0 aliphatic carbocycles. The molecule has 0 aliphatic rings. The Kier molecular flexibility index (Phi) is 2.65. The van der Waals surface area contributed by atoms with E-state index in [1.807, 2.05) is 4.68 Å². The van der Waals surface area contributed by atoms with Gasteiger partial charge >= 0.3 is 0 Å². The fourth-order valence-corrected chi connectivity index (χ4v) is 2.45. The van der Waals surface area contributed by atoms with Crippen LogP contribution in [0.4, 0.5) is 5.95 Å². The lowest BCUT2D eigenvalue weighted by molar-refractivity contribution is 0.492. The van der Waals surface area contributed by atoms with Crippen molar-refractivity contribution in [2.24, 2.45) is 5.92 Å². The van der Waals surface area contributed by atoms with E-state index >= 15 is 0 Å². The Morgan fingerprint density at radius 3 is 2.86 bits per heavy atom. The Bertz CT molecular complexity index is 949. The second-order valence-corrected chi connectivity index (χ2v) is 5.58. The van der Waals surface area contributed by atoms with Crippen LogP contribution in [0.3, 0.4) is 0 Å². The fraction of sp³-hybridized carbons (Fsp3) is 0.286. The van der Waals surface area contributed by atoms with Crippen molar-refractivity contribution in [3.05, 3.63) is 24.6 Å². The van der Waals surface area contributed by atoms with Gasteiger partial charge in [-0.1, -0.05) is 13.8 Å². The van der Waals surface area contributed by atoms with E-state index in [1.165, 1.54) is 4.52 Å². The Morgan fingerprint density at radius 1 is 1.27 bits per heavy atom. The first-order valence-electron chi connectivity index (χ1n) is 7.05. The highest BCUT2D eigenvalue weighted by atomic mass is 16.3. The van der Waals surface area contributed by atoms with E-state index in [4.69, 9.17) is 10.2 Å². The van der Waals surface area contributed by atoms with Crippen molar-refractivity contribution < 1.29 is 4.42 Å². The van der Waals surface area contributed by atoms with Crippen molar-refractivity contribution in [2.75, 3.05) is 5.73 Å². The number of fused-ring (bicyclic) bond motifs is 3. The molecule has 0 radical (unpaired) electrons. The summed E-state index contributed by atoms with van der Waals surface area (Å²) in [6.07, 6.45) is 3.33. The van der Waals surface area contributed by atoms with Gasteiger partial charge in [0.05, 0.1) is 17.8 Å². The molecule has 0 aliphatic heterocycles. The van der Waals surface area contributed by atoms with E-state index in [-0.39, 0.29) is 5.95 Å². The minimum Gasteiger partial charge on any atom is -0.461 e. The summed E-state index contributed by atoms with van der Waals surface area (Å²) in [5.41, 5.74) is 7.37. The second-order valence-electron chi connectivity index (χ2n) is 5.58. The number of anilines is 1. The first-order chi connectivity index (χ1) is 10.6. The number of hydrogen-bond donors (Lipinski definition) is 1. The molecule has 0 bridgehead atoms. The van der Waals surface area contributed by atoms with Crippen molar-refractivity contribution in [1.29, 1.82) is 0 Å². The molecule has 4 heterocycles. The van der Waals surface area contributed by atoms with E-state index in [2.05, 4.69) is 34.0 Å². The SMILES string of the molecule is CC(C)Cn1ncc2c1nc(N)n1nc(-c3ccco3)nc21. The van der Waals surface area contributed by atoms with Crippen LogP contribution in [0.25, 0.3) is 28.3 Å². The summed E-state index contributed by atoms with van der Waals surface area (Å²) in [7, 11) is 0. The minimum absolute atomic E-state index is 0.276. The van der Waals surface area contributed by atoms with Crippen LogP contribution >= 0.6 is 0 Å². The molecule has 0 fully saturated rings. The summed E-state index contributed by atoms with van der Waals surface area (Å²) in [5.74, 6) is 1.80. The quantitative estimate of drug-likeness (QED) is 0.620. The average molecular weight is 297 g/mol. The molecule has 4 aromatic rings. The van der Waals surface area contributed by atoms with Crippen molar-refractivity contribution in [2.45, 2.75) is 20.4 Å². The van der Waals surface area contributed by atoms with Gasteiger partial charge in [0.25, 0.3) is 0 Å². The van der Waals surface area contributed by atoms with E-state index in [0.29, 0.717) is 23.1 Å². The van der Waals surface area contributed by atoms with E-state index < -0.39 is 0 Å². The maximum atomic E-state index is 6.03. The number of hydrogen-bond acceptors (Lipinski definition) is 6. The van der Waals surface area contributed by atoms with Crippen molar-refractivity contribution in [3.63, 3.8) is 0 Å². The summed E-state index contributed by atoms with van der Waals surface area (Å²) in [6.45, 7) is 5.02. The Morgan fingerprint density at radius 2 is 2.14 bits per heavy atom. The number of nitrogen functional groups attached to an aromatic ring is 1. The molecule has 0 atom stereocenters. The van der Waals surface area contributed by atoms with E-state index in [9.17, 15) is 0 Å². The summed E-state index contributed by atoms with van der Waals surface area (Å²) in [6, 6.07) is 3.59. The molecule has 8 nitrogen and oxygen atoms in total. The molecule has 0 spiro atoms. The lowest BCUT2D eigenvalue weighted by atomic mass is 10.2. The zero-order chi connectivity index (χ0) is 15.3. The van der Waals surface area contributed by atoms with Crippen LogP contribution in [-0.4, -0.2) is 29.4 Å². The van der Waals surface area contributed by atoms with Gasteiger partial charge in [0.2, 0.25) is 11.8 Å². The first-order valence-corrected chi connectivity index (χ1v) is 7.05. The van der Waals surface area contributed by atoms with Crippen LogP contribution in [0.1, 0.15) is 13.8 Å². The van der Waals surface area contributed by atoms with Crippen LogP contribution < -0.4 is 5.73 Å². The predicted molar refractivity (Wildman–Crippen MR) is 81.0 cm³/mol. The van der Waals surface area contributed by atoms with Crippen molar-refractivity contribution in [1.82, 2.24) is 29.4 Å². The molecule has 4 rings (SSSR count). The summed E-state index contributed by atoms with van der Waals surface area (Å²) < 4.78 is 8.70. The zero-order valence-electron chi connectivity index (χ0n) is 12.3. The number of nitrogens with two attached hydrogens (primary N) is 1. The smallest absolute Gasteiger partial charge is 0.225 e. The molecule has 4 aromatic heterocycles. The van der Waals surface area contributed by atoms with Crippen molar-refractivity contribution in [3.8, 4) is 11.6 Å². The molecule has 0 saturated heterocycles. The largest absolute Gasteiger partial charge is 0.461 e. The molecular weight excluding hydrogens is 282 g/mol. The Labute approximate surface area is 125 Å². The molecule has 22 heavy (non-hydrogen) atoms. The van der Waals surface area contributed by atoms with E-state index in [0.717, 1.165) is 17.6 Å². The number of furan rings is 1. The Hall–Kier alpha value is -2.90. The molecule has 2 N–H and O–H groups in total. The monoisotopic (exact) mass is 297 g/mol.